The molecular formula is C22H25N3O. The molecule has 1 aliphatic carbocycles. The number of hydrogen-bond acceptors (Lipinski definition) is 3. The van der Waals surface area contributed by atoms with E-state index in [0.717, 1.165) is 48.1 Å². The molecule has 0 atom stereocenters. The Labute approximate surface area is 154 Å². The van der Waals surface area contributed by atoms with Crippen LogP contribution in [0.5, 0.6) is 0 Å². The normalized spacial score (nSPS) is 16.5. The molecule has 1 fully saturated rings. The maximum absolute atomic E-state index is 12.9. The van der Waals surface area contributed by atoms with Crippen LogP contribution in [-0.2, 0) is 6.42 Å². The van der Waals surface area contributed by atoms with Crippen molar-refractivity contribution in [3.05, 3.63) is 65.9 Å². The van der Waals surface area contributed by atoms with Crippen LogP contribution in [0.25, 0.3) is 0 Å². The summed E-state index contributed by atoms with van der Waals surface area (Å²) in [5.41, 5.74) is 5.51. The van der Waals surface area contributed by atoms with Gasteiger partial charge in [0.15, 0.2) is 0 Å². The molecule has 26 heavy (non-hydrogen) atoms. The van der Waals surface area contributed by atoms with Crippen molar-refractivity contribution < 1.29 is 4.79 Å². The molecular weight excluding hydrogens is 322 g/mol. The third-order valence-electron chi connectivity index (χ3n) is 5.28. The van der Waals surface area contributed by atoms with Gasteiger partial charge in [0.1, 0.15) is 0 Å². The van der Waals surface area contributed by atoms with E-state index in [2.05, 4.69) is 34.7 Å². The minimum Gasteiger partial charge on any atom is -0.382 e. The number of para-hydroxylation sites is 1. The number of rotatable bonds is 4. The number of fused-ring (bicyclic) bond motifs is 1. The van der Waals surface area contributed by atoms with E-state index in [4.69, 9.17) is 0 Å². The second kappa shape index (κ2) is 7.24. The van der Waals surface area contributed by atoms with Crippen molar-refractivity contribution in [1.82, 2.24) is 0 Å². The van der Waals surface area contributed by atoms with Crippen molar-refractivity contribution in [2.45, 2.75) is 32.1 Å². The van der Waals surface area contributed by atoms with Gasteiger partial charge in [0.25, 0.3) is 5.91 Å². The zero-order valence-electron chi connectivity index (χ0n) is 15.0. The maximum atomic E-state index is 12.9. The van der Waals surface area contributed by atoms with E-state index in [-0.39, 0.29) is 5.91 Å². The van der Waals surface area contributed by atoms with Crippen LogP contribution >= 0.6 is 0 Å². The quantitative estimate of drug-likeness (QED) is 0.728. The Morgan fingerprint density at radius 2 is 2.04 bits per heavy atom. The number of nitrogens with one attached hydrogen (secondary N) is 3. The minimum absolute atomic E-state index is 0.0931. The Morgan fingerprint density at radius 3 is 2.85 bits per heavy atom. The molecule has 2 aromatic carbocycles. The van der Waals surface area contributed by atoms with Gasteiger partial charge in [-0.3, -0.25) is 4.79 Å². The summed E-state index contributed by atoms with van der Waals surface area (Å²) >= 11 is 0. The largest absolute Gasteiger partial charge is 0.382 e. The van der Waals surface area contributed by atoms with Gasteiger partial charge in [-0.05, 0) is 42.2 Å². The van der Waals surface area contributed by atoms with Gasteiger partial charge in [-0.2, -0.15) is 0 Å². The number of benzene rings is 2. The van der Waals surface area contributed by atoms with E-state index in [1.807, 2.05) is 30.3 Å². The standard InChI is InChI=1S/C22H25N3O/c1-15-11-12-23-21-19(9-4-10-20(21)24-15)22(26)25-18-8-3-7-17(14-18)13-16-5-2-6-16/h3-4,7-10,14,16,23-24H,1-2,5-6,11-13H2,(H,25,26). The van der Waals surface area contributed by atoms with Crippen LogP contribution in [0.1, 0.15) is 41.6 Å². The van der Waals surface area contributed by atoms with Crippen molar-refractivity contribution in [3.63, 3.8) is 0 Å². The summed E-state index contributed by atoms with van der Waals surface area (Å²) in [5, 5.41) is 9.71. The molecule has 1 saturated carbocycles. The van der Waals surface area contributed by atoms with Crippen LogP contribution < -0.4 is 16.0 Å². The van der Waals surface area contributed by atoms with Crippen molar-refractivity contribution in [2.75, 3.05) is 22.5 Å². The Kier molecular flexibility index (Phi) is 4.65. The third-order valence-corrected chi connectivity index (χ3v) is 5.28. The SMILES string of the molecule is C=C1CCNc2c(cccc2C(=O)Nc2cccc(CC3CCC3)c2)N1. The summed E-state index contributed by atoms with van der Waals surface area (Å²) in [6.45, 7) is 4.77. The lowest BCUT2D eigenvalue weighted by Crippen LogP contribution is -2.16. The molecule has 4 heteroatoms. The van der Waals surface area contributed by atoms with E-state index >= 15 is 0 Å². The molecule has 4 rings (SSSR count). The molecule has 0 radical (unpaired) electrons. The minimum atomic E-state index is -0.0931. The van der Waals surface area contributed by atoms with E-state index in [9.17, 15) is 4.79 Å². The van der Waals surface area contributed by atoms with Crippen LogP contribution in [0.3, 0.4) is 0 Å². The summed E-state index contributed by atoms with van der Waals surface area (Å²) in [6.07, 6.45) is 5.96. The first-order valence-electron chi connectivity index (χ1n) is 9.41. The highest BCUT2D eigenvalue weighted by molar-refractivity contribution is 6.10. The molecule has 2 aliphatic rings. The van der Waals surface area contributed by atoms with Crippen molar-refractivity contribution in [2.24, 2.45) is 5.92 Å². The molecule has 1 heterocycles. The Balaban J connectivity index is 1.52. The molecule has 0 spiro atoms. The van der Waals surface area contributed by atoms with Gasteiger partial charge in [0.2, 0.25) is 0 Å². The van der Waals surface area contributed by atoms with Gasteiger partial charge >= 0.3 is 0 Å². The summed E-state index contributed by atoms with van der Waals surface area (Å²) in [7, 11) is 0. The fourth-order valence-electron chi connectivity index (χ4n) is 3.63. The van der Waals surface area contributed by atoms with Gasteiger partial charge in [-0.25, -0.2) is 0 Å². The fourth-order valence-corrected chi connectivity index (χ4v) is 3.63. The van der Waals surface area contributed by atoms with Crippen molar-refractivity contribution in [1.29, 1.82) is 0 Å². The molecule has 0 saturated heterocycles. The molecule has 2 aromatic rings. The van der Waals surface area contributed by atoms with E-state index in [0.29, 0.717) is 5.56 Å². The van der Waals surface area contributed by atoms with Gasteiger partial charge in [0.05, 0.1) is 16.9 Å². The molecule has 0 bridgehead atoms. The average molecular weight is 347 g/mol. The van der Waals surface area contributed by atoms with Crippen molar-refractivity contribution in [3.8, 4) is 0 Å². The van der Waals surface area contributed by atoms with Gasteiger partial charge in [-0.15, -0.1) is 0 Å². The number of anilines is 3. The average Bonchev–Trinajstić information content (AvgIpc) is 2.78. The first-order valence-corrected chi connectivity index (χ1v) is 9.41. The second-order valence-corrected chi connectivity index (χ2v) is 7.29. The summed E-state index contributed by atoms with van der Waals surface area (Å²) < 4.78 is 0. The second-order valence-electron chi connectivity index (χ2n) is 7.29. The summed E-state index contributed by atoms with van der Waals surface area (Å²) in [6, 6.07) is 14.0. The lowest BCUT2D eigenvalue weighted by atomic mass is 9.81. The first-order chi connectivity index (χ1) is 12.7. The molecule has 1 amide bonds. The van der Waals surface area contributed by atoms with E-state index in [1.54, 1.807) is 0 Å². The molecule has 0 aromatic heterocycles. The Morgan fingerprint density at radius 1 is 1.19 bits per heavy atom. The zero-order chi connectivity index (χ0) is 17.9. The monoisotopic (exact) mass is 347 g/mol. The molecule has 1 aliphatic heterocycles. The smallest absolute Gasteiger partial charge is 0.257 e. The van der Waals surface area contributed by atoms with Crippen LogP contribution in [0.15, 0.2) is 54.7 Å². The molecule has 134 valence electrons. The highest BCUT2D eigenvalue weighted by atomic mass is 16.1. The highest BCUT2D eigenvalue weighted by Crippen LogP contribution is 2.32. The number of hydrogen-bond donors (Lipinski definition) is 3. The predicted molar refractivity (Wildman–Crippen MR) is 108 cm³/mol. The zero-order valence-corrected chi connectivity index (χ0v) is 15.0. The Hall–Kier alpha value is -2.75. The molecule has 4 nitrogen and oxygen atoms in total. The maximum Gasteiger partial charge on any atom is 0.257 e. The van der Waals surface area contributed by atoms with Gasteiger partial charge in [-0.1, -0.05) is 44.0 Å². The van der Waals surface area contributed by atoms with Crippen LogP contribution in [0.4, 0.5) is 17.1 Å². The number of carbonyl (C=O) groups excluding carboxylic acids is 1. The van der Waals surface area contributed by atoms with E-state index < -0.39 is 0 Å². The summed E-state index contributed by atoms with van der Waals surface area (Å²) in [5.74, 6) is 0.721. The lowest BCUT2D eigenvalue weighted by Gasteiger charge is -2.25. The van der Waals surface area contributed by atoms with E-state index in [1.165, 1.54) is 24.8 Å². The fraction of sp³-hybridized carbons (Fsp3) is 0.318. The molecule has 3 N–H and O–H groups in total. The third kappa shape index (κ3) is 3.59. The number of amides is 1. The topological polar surface area (TPSA) is 53.2 Å². The number of carbonyl (C=O) groups is 1. The van der Waals surface area contributed by atoms with Crippen LogP contribution in [0.2, 0.25) is 0 Å². The highest BCUT2D eigenvalue weighted by Gasteiger charge is 2.19. The Bertz CT molecular complexity index is 839. The van der Waals surface area contributed by atoms with Gasteiger partial charge in [0, 0.05) is 24.4 Å². The predicted octanol–water partition coefficient (Wildman–Crippen LogP) is 5.02. The lowest BCUT2D eigenvalue weighted by molar-refractivity contribution is 0.102. The van der Waals surface area contributed by atoms with Gasteiger partial charge < -0.3 is 16.0 Å². The molecule has 0 unspecified atom stereocenters. The van der Waals surface area contributed by atoms with Crippen LogP contribution in [-0.4, -0.2) is 12.5 Å². The van der Waals surface area contributed by atoms with Crippen molar-refractivity contribution >= 4 is 23.0 Å². The summed E-state index contributed by atoms with van der Waals surface area (Å²) in [4.78, 5) is 12.9. The first kappa shape index (κ1) is 16.7. The van der Waals surface area contributed by atoms with Crippen LogP contribution in [0, 0.1) is 5.92 Å².